The Balaban J connectivity index is 1.91. The lowest BCUT2D eigenvalue weighted by molar-refractivity contribution is 0.741. The predicted molar refractivity (Wildman–Crippen MR) is 67.8 cm³/mol. The summed E-state index contributed by atoms with van der Waals surface area (Å²) in [5.41, 5.74) is 3.27. The van der Waals surface area contributed by atoms with E-state index in [1.165, 1.54) is 0 Å². The van der Waals surface area contributed by atoms with Gasteiger partial charge in [-0.15, -0.1) is 0 Å². The third-order valence-corrected chi connectivity index (χ3v) is 2.29. The molecule has 0 amide bonds. The average molecular weight is 248 g/mol. The van der Waals surface area contributed by atoms with E-state index in [0.29, 0.717) is 12.5 Å². The topological polar surface area (TPSA) is 107 Å². The highest BCUT2D eigenvalue weighted by atomic mass is 15.3. The van der Waals surface area contributed by atoms with Gasteiger partial charge in [0.1, 0.15) is 12.1 Å². The van der Waals surface area contributed by atoms with Gasteiger partial charge < -0.3 is 5.32 Å². The summed E-state index contributed by atoms with van der Waals surface area (Å²) >= 11 is 0. The fourth-order valence-corrected chi connectivity index (χ4v) is 1.52. The highest BCUT2D eigenvalue weighted by Gasteiger charge is 2.02. The molecule has 4 N–H and O–H groups in total. The van der Waals surface area contributed by atoms with Crippen molar-refractivity contribution >= 4 is 11.8 Å². The monoisotopic (exact) mass is 248 g/mol. The first-order valence-corrected chi connectivity index (χ1v) is 5.58. The van der Waals surface area contributed by atoms with Crippen LogP contribution in [0.4, 0.5) is 11.8 Å². The Morgan fingerprint density at radius 2 is 2.22 bits per heavy atom. The maximum absolute atomic E-state index is 5.28. The van der Waals surface area contributed by atoms with Crippen molar-refractivity contribution in [3.63, 3.8) is 0 Å². The molecule has 0 aliphatic heterocycles. The summed E-state index contributed by atoms with van der Waals surface area (Å²) in [5.74, 6) is 7.21. The van der Waals surface area contributed by atoms with Gasteiger partial charge in [-0.3, -0.25) is 10.1 Å². The van der Waals surface area contributed by atoms with Crippen molar-refractivity contribution in [3.05, 3.63) is 23.9 Å². The van der Waals surface area contributed by atoms with Crippen LogP contribution in [0, 0.1) is 6.92 Å². The summed E-state index contributed by atoms with van der Waals surface area (Å²) in [4.78, 5) is 12.4. The van der Waals surface area contributed by atoms with Crippen molar-refractivity contribution < 1.29 is 0 Å². The Kier molecular flexibility index (Phi) is 3.68. The van der Waals surface area contributed by atoms with Gasteiger partial charge in [0.2, 0.25) is 5.95 Å². The normalized spacial score (nSPS) is 10.4. The zero-order valence-electron chi connectivity index (χ0n) is 10.4. The number of nitrogens with one attached hydrogen (secondary N) is 2. The SMILES string of the molecule is Cc1cc(NCCc2ncn(C)n2)nc(NN)n1. The number of nitrogens with two attached hydrogens (primary N) is 1. The maximum Gasteiger partial charge on any atom is 0.239 e. The molecule has 0 radical (unpaired) electrons. The van der Waals surface area contributed by atoms with Gasteiger partial charge in [-0.2, -0.15) is 10.1 Å². The average Bonchev–Trinajstić information content (AvgIpc) is 2.74. The number of nitrogens with zero attached hydrogens (tertiary/aromatic N) is 5. The second-order valence-electron chi connectivity index (χ2n) is 3.87. The lowest BCUT2D eigenvalue weighted by Crippen LogP contribution is -2.13. The van der Waals surface area contributed by atoms with Crippen molar-refractivity contribution in [2.75, 3.05) is 17.3 Å². The van der Waals surface area contributed by atoms with E-state index >= 15 is 0 Å². The number of nitrogen functional groups attached to an aromatic ring is 1. The Morgan fingerprint density at radius 3 is 2.89 bits per heavy atom. The summed E-state index contributed by atoms with van der Waals surface area (Å²) in [7, 11) is 1.84. The molecule has 2 rings (SSSR count). The number of hydrazine groups is 1. The van der Waals surface area contributed by atoms with E-state index in [-0.39, 0.29) is 0 Å². The molecule has 0 aliphatic rings. The van der Waals surface area contributed by atoms with Crippen LogP contribution in [0.5, 0.6) is 0 Å². The van der Waals surface area contributed by atoms with Crippen LogP contribution in [-0.4, -0.2) is 31.3 Å². The summed E-state index contributed by atoms with van der Waals surface area (Å²) in [6.07, 6.45) is 2.41. The van der Waals surface area contributed by atoms with E-state index in [4.69, 9.17) is 5.84 Å². The molecule has 0 fully saturated rings. The van der Waals surface area contributed by atoms with E-state index in [2.05, 4.69) is 30.8 Å². The lowest BCUT2D eigenvalue weighted by atomic mass is 10.4. The molecule has 0 unspecified atom stereocenters. The van der Waals surface area contributed by atoms with Crippen LogP contribution in [0.25, 0.3) is 0 Å². The summed E-state index contributed by atoms with van der Waals surface area (Å²) in [6, 6.07) is 1.85. The molecule has 0 saturated carbocycles. The molecule has 0 atom stereocenters. The van der Waals surface area contributed by atoms with Crippen LogP contribution in [0.2, 0.25) is 0 Å². The largest absolute Gasteiger partial charge is 0.369 e. The minimum Gasteiger partial charge on any atom is -0.369 e. The molecule has 8 nitrogen and oxygen atoms in total. The molecule has 8 heteroatoms. The molecule has 96 valence electrons. The number of hydrogen-bond acceptors (Lipinski definition) is 7. The van der Waals surface area contributed by atoms with Crippen LogP contribution in [0.1, 0.15) is 11.5 Å². The second kappa shape index (κ2) is 5.41. The third kappa shape index (κ3) is 3.14. The quantitative estimate of drug-likeness (QED) is 0.499. The number of anilines is 2. The first kappa shape index (κ1) is 12.2. The number of rotatable bonds is 5. The van der Waals surface area contributed by atoms with Crippen molar-refractivity contribution in [1.29, 1.82) is 0 Å². The molecule has 2 aromatic heterocycles. The van der Waals surface area contributed by atoms with Crippen molar-refractivity contribution in [1.82, 2.24) is 24.7 Å². The molecule has 0 bridgehead atoms. The molecule has 18 heavy (non-hydrogen) atoms. The maximum atomic E-state index is 5.28. The van der Waals surface area contributed by atoms with Crippen LogP contribution in [0.15, 0.2) is 12.4 Å². The van der Waals surface area contributed by atoms with Gasteiger partial charge in [0.05, 0.1) is 0 Å². The number of aromatic nitrogens is 5. The van der Waals surface area contributed by atoms with Crippen molar-refractivity contribution in [2.45, 2.75) is 13.3 Å². The summed E-state index contributed by atoms with van der Waals surface area (Å²) in [6.45, 7) is 2.58. The molecule has 0 aliphatic carbocycles. The standard InChI is InChI=1S/C10H16N8/c1-7-5-9(15-10(14-7)16-11)12-4-3-8-13-6-18(2)17-8/h5-6H,3-4,11H2,1-2H3,(H2,12,14,15,16). The Bertz CT molecular complexity index is 520. The fraction of sp³-hybridized carbons (Fsp3) is 0.400. The van der Waals surface area contributed by atoms with Gasteiger partial charge in [0.15, 0.2) is 5.82 Å². The van der Waals surface area contributed by atoms with Crippen LogP contribution in [-0.2, 0) is 13.5 Å². The van der Waals surface area contributed by atoms with E-state index < -0.39 is 0 Å². The van der Waals surface area contributed by atoms with Crippen molar-refractivity contribution in [3.8, 4) is 0 Å². The number of hydrogen-bond donors (Lipinski definition) is 3. The highest BCUT2D eigenvalue weighted by molar-refractivity contribution is 5.41. The van der Waals surface area contributed by atoms with Gasteiger partial charge in [0.25, 0.3) is 0 Å². The first-order chi connectivity index (χ1) is 8.67. The fourth-order valence-electron chi connectivity index (χ4n) is 1.52. The molecule has 2 heterocycles. The molecular formula is C10H16N8. The second-order valence-corrected chi connectivity index (χ2v) is 3.87. The van der Waals surface area contributed by atoms with Crippen LogP contribution < -0.4 is 16.6 Å². The van der Waals surface area contributed by atoms with E-state index in [0.717, 1.165) is 23.8 Å². The van der Waals surface area contributed by atoms with Gasteiger partial charge in [-0.1, -0.05) is 0 Å². The molecular weight excluding hydrogens is 232 g/mol. The van der Waals surface area contributed by atoms with Gasteiger partial charge in [-0.05, 0) is 6.92 Å². The van der Waals surface area contributed by atoms with E-state index in [1.54, 1.807) is 11.0 Å². The van der Waals surface area contributed by atoms with E-state index in [9.17, 15) is 0 Å². The minimum atomic E-state index is 0.397. The minimum absolute atomic E-state index is 0.397. The zero-order chi connectivity index (χ0) is 13.0. The molecule has 2 aromatic rings. The molecule has 0 aromatic carbocycles. The van der Waals surface area contributed by atoms with E-state index in [1.807, 2.05) is 20.0 Å². The van der Waals surface area contributed by atoms with Crippen LogP contribution >= 0.6 is 0 Å². The van der Waals surface area contributed by atoms with Crippen molar-refractivity contribution in [2.24, 2.45) is 12.9 Å². The third-order valence-electron chi connectivity index (χ3n) is 2.29. The van der Waals surface area contributed by atoms with Gasteiger partial charge in [-0.25, -0.2) is 15.8 Å². The van der Waals surface area contributed by atoms with Crippen LogP contribution in [0.3, 0.4) is 0 Å². The highest BCUT2D eigenvalue weighted by Crippen LogP contribution is 2.08. The lowest BCUT2D eigenvalue weighted by Gasteiger charge is -2.06. The smallest absolute Gasteiger partial charge is 0.239 e. The zero-order valence-corrected chi connectivity index (χ0v) is 10.4. The number of aryl methyl sites for hydroxylation is 2. The molecule has 0 saturated heterocycles. The van der Waals surface area contributed by atoms with Gasteiger partial charge >= 0.3 is 0 Å². The Labute approximate surface area is 105 Å². The van der Waals surface area contributed by atoms with Gasteiger partial charge in [0, 0.05) is 31.8 Å². The Morgan fingerprint density at radius 1 is 1.39 bits per heavy atom. The Hall–Kier alpha value is -2.22. The predicted octanol–water partition coefficient (Wildman–Crippen LogP) is -0.146. The molecule has 0 spiro atoms. The first-order valence-electron chi connectivity index (χ1n) is 5.58. The summed E-state index contributed by atoms with van der Waals surface area (Å²) in [5, 5.41) is 7.38. The summed E-state index contributed by atoms with van der Waals surface area (Å²) < 4.78 is 1.68.